The summed E-state index contributed by atoms with van der Waals surface area (Å²) in [5.41, 5.74) is 5.42. The number of nitrogens with one attached hydrogen (secondary N) is 1. The molecule has 1 aliphatic carbocycles. The van der Waals surface area contributed by atoms with Gasteiger partial charge in [-0.25, -0.2) is 9.97 Å². The lowest BCUT2D eigenvalue weighted by atomic mass is 10.1. The van der Waals surface area contributed by atoms with E-state index in [4.69, 9.17) is 9.97 Å². The van der Waals surface area contributed by atoms with E-state index in [-0.39, 0.29) is 6.04 Å². The molecule has 0 saturated heterocycles. The highest BCUT2D eigenvalue weighted by Crippen LogP contribution is 2.31. The molecule has 144 valence electrons. The Morgan fingerprint density at radius 2 is 1.90 bits per heavy atom. The molecule has 0 amide bonds. The van der Waals surface area contributed by atoms with E-state index < -0.39 is 0 Å². The van der Waals surface area contributed by atoms with E-state index in [1.807, 2.05) is 35.3 Å². The molecule has 0 radical (unpaired) electrons. The summed E-state index contributed by atoms with van der Waals surface area (Å²) >= 11 is 0. The number of aromatic nitrogens is 5. The Kier molecular flexibility index (Phi) is 4.52. The van der Waals surface area contributed by atoms with Crippen molar-refractivity contribution in [1.82, 2.24) is 24.7 Å². The summed E-state index contributed by atoms with van der Waals surface area (Å²) in [5.74, 6) is 1.59. The minimum atomic E-state index is 0.161. The van der Waals surface area contributed by atoms with Gasteiger partial charge in [0.05, 0.1) is 17.9 Å². The number of fused-ring (bicyclic) bond motifs is 1. The molecular weight excluding hydrogens is 360 g/mol. The van der Waals surface area contributed by atoms with Gasteiger partial charge < -0.3 is 5.32 Å². The molecule has 1 unspecified atom stereocenters. The fourth-order valence-corrected chi connectivity index (χ4v) is 3.80. The van der Waals surface area contributed by atoms with Crippen molar-refractivity contribution in [3.8, 4) is 11.4 Å². The van der Waals surface area contributed by atoms with Crippen LogP contribution in [0.5, 0.6) is 0 Å². The molecule has 1 aliphatic rings. The predicted molar refractivity (Wildman–Crippen MR) is 113 cm³/mol. The molecule has 0 saturated carbocycles. The SMILES string of the molecule is CC(c1ccccc1)n1cc(Nc2nc(-c3cccnc3)nc3c2CCC3)cn1. The van der Waals surface area contributed by atoms with Crippen molar-refractivity contribution in [3.63, 3.8) is 0 Å². The number of nitrogens with zero attached hydrogens (tertiary/aromatic N) is 5. The molecule has 6 heteroatoms. The van der Waals surface area contributed by atoms with Gasteiger partial charge in [-0.15, -0.1) is 0 Å². The van der Waals surface area contributed by atoms with Crippen LogP contribution in [0.15, 0.2) is 67.3 Å². The summed E-state index contributed by atoms with van der Waals surface area (Å²) in [6.07, 6.45) is 10.6. The first-order valence-corrected chi connectivity index (χ1v) is 9.94. The zero-order valence-electron chi connectivity index (χ0n) is 16.3. The summed E-state index contributed by atoms with van der Waals surface area (Å²) in [5, 5.41) is 8.05. The van der Waals surface area contributed by atoms with E-state index in [0.29, 0.717) is 5.82 Å². The van der Waals surface area contributed by atoms with E-state index in [1.165, 1.54) is 11.1 Å². The van der Waals surface area contributed by atoms with Crippen molar-refractivity contribution in [2.24, 2.45) is 0 Å². The third-order valence-corrected chi connectivity index (χ3v) is 5.40. The lowest BCUT2D eigenvalue weighted by Gasteiger charge is -2.13. The Hall–Kier alpha value is -3.54. The third-order valence-electron chi connectivity index (χ3n) is 5.40. The van der Waals surface area contributed by atoms with Gasteiger partial charge in [0.2, 0.25) is 0 Å². The van der Waals surface area contributed by atoms with E-state index in [9.17, 15) is 0 Å². The smallest absolute Gasteiger partial charge is 0.163 e. The van der Waals surface area contributed by atoms with Gasteiger partial charge in [-0.2, -0.15) is 5.10 Å². The molecule has 29 heavy (non-hydrogen) atoms. The molecule has 0 fully saturated rings. The second-order valence-corrected chi connectivity index (χ2v) is 7.34. The Balaban J connectivity index is 1.45. The minimum absolute atomic E-state index is 0.161. The minimum Gasteiger partial charge on any atom is -0.337 e. The molecule has 4 aromatic rings. The van der Waals surface area contributed by atoms with Crippen LogP contribution in [0, 0.1) is 0 Å². The number of aryl methyl sites for hydroxylation is 1. The van der Waals surface area contributed by atoms with E-state index in [2.05, 4.69) is 46.6 Å². The summed E-state index contributed by atoms with van der Waals surface area (Å²) in [4.78, 5) is 13.8. The molecule has 0 aliphatic heterocycles. The average Bonchev–Trinajstić information content (AvgIpc) is 3.44. The van der Waals surface area contributed by atoms with Crippen LogP contribution in [0.2, 0.25) is 0 Å². The number of rotatable bonds is 5. The van der Waals surface area contributed by atoms with E-state index >= 15 is 0 Å². The van der Waals surface area contributed by atoms with Crippen molar-refractivity contribution in [3.05, 3.63) is 84.1 Å². The zero-order chi connectivity index (χ0) is 19.6. The first kappa shape index (κ1) is 17.6. The highest BCUT2D eigenvalue weighted by atomic mass is 15.3. The van der Waals surface area contributed by atoms with E-state index in [0.717, 1.165) is 42.0 Å². The predicted octanol–water partition coefficient (Wildman–Crippen LogP) is 4.58. The normalized spacial score (nSPS) is 13.8. The summed E-state index contributed by atoms with van der Waals surface area (Å²) < 4.78 is 1.97. The first-order chi connectivity index (χ1) is 14.3. The number of anilines is 2. The largest absolute Gasteiger partial charge is 0.337 e. The zero-order valence-corrected chi connectivity index (χ0v) is 16.3. The highest BCUT2D eigenvalue weighted by molar-refractivity contribution is 5.64. The molecule has 3 heterocycles. The van der Waals surface area contributed by atoms with Gasteiger partial charge in [-0.3, -0.25) is 9.67 Å². The Bertz CT molecular complexity index is 1120. The first-order valence-electron chi connectivity index (χ1n) is 9.94. The molecule has 0 bridgehead atoms. The third kappa shape index (κ3) is 3.49. The van der Waals surface area contributed by atoms with Crippen LogP contribution in [-0.2, 0) is 12.8 Å². The second kappa shape index (κ2) is 7.47. The summed E-state index contributed by atoms with van der Waals surface area (Å²) in [6, 6.07) is 14.4. The van der Waals surface area contributed by atoms with Crippen molar-refractivity contribution in [2.45, 2.75) is 32.2 Å². The van der Waals surface area contributed by atoms with E-state index in [1.54, 1.807) is 12.4 Å². The number of hydrogen-bond donors (Lipinski definition) is 1. The van der Waals surface area contributed by atoms with Gasteiger partial charge in [-0.05, 0) is 43.9 Å². The standard InChI is InChI=1S/C23H22N6/c1-16(17-7-3-2-4-8-17)29-15-19(14-25-29)26-23-20-10-5-11-21(20)27-22(28-23)18-9-6-12-24-13-18/h2-4,6-9,12-16H,5,10-11H2,1H3,(H,26,27,28). The maximum Gasteiger partial charge on any atom is 0.163 e. The number of hydrogen-bond acceptors (Lipinski definition) is 5. The van der Waals surface area contributed by atoms with Crippen LogP contribution < -0.4 is 5.32 Å². The van der Waals surface area contributed by atoms with Crippen LogP contribution in [0.25, 0.3) is 11.4 Å². The average molecular weight is 382 g/mol. The Morgan fingerprint density at radius 3 is 2.72 bits per heavy atom. The Labute approximate surface area is 169 Å². The van der Waals surface area contributed by atoms with Gasteiger partial charge in [0.25, 0.3) is 0 Å². The lowest BCUT2D eigenvalue weighted by Crippen LogP contribution is -2.07. The van der Waals surface area contributed by atoms with Gasteiger partial charge in [0.15, 0.2) is 5.82 Å². The van der Waals surface area contributed by atoms with Crippen LogP contribution in [0.3, 0.4) is 0 Å². The van der Waals surface area contributed by atoms with Gasteiger partial charge in [-0.1, -0.05) is 30.3 Å². The molecular formula is C23H22N6. The number of pyridine rings is 1. The van der Waals surface area contributed by atoms with Crippen molar-refractivity contribution >= 4 is 11.5 Å². The number of benzene rings is 1. The molecule has 3 aromatic heterocycles. The molecule has 6 nitrogen and oxygen atoms in total. The van der Waals surface area contributed by atoms with Crippen LogP contribution in [0.1, 0.15) is 36.2 Å². The van der Waals surface area contributed by atoms with Crippen molar-refractivity contribution in [1.29, 1.82) is 0 Å². The molecule has 0 spiro atoms. The molecule has 5 rings (SSSR count). The summed E-state index contributed by atoms with van der Waals surface area (Å²) in [6.45, 7) is 2.15. The van der Waals surface area contributed by atoms with Gasteiger partial charge >= 0.3 is 0 Å². The lowest BCUT2D eigenvalue weighted by molar-refractivity contribution is 0.565. The van der Waals surface area contributed by atoms with Crippen molar-refractivity contribution in [2.75, 3.05) is 5.32 Å². The Morgan fingerprint density at radius 1 is 1.00 bits per heavy atom. The maximum atomic E-state index is 4.82. The maximum absolute atomic E-state index is 4.82. The van der Waals surface area contributed by atoms with Gasteiger partial charge in [0.1, 0.15) is 5.82 Å². The van der Waals surface area contributed by atoms with Gasteiger partial charge in [0, 0.05) is 35.4 Å². The molecule has 1 atom stereocenters. The van der Waals surface area contributed by atoms with Crippen LogP contribution >= 0.6 is 0 Å². The van der Waals surface area contributed by atoms with Crippen LogP contribution in [0.4, 0.5) is 11.5 Å². The van der Waals surface area contributed by atoms with Crippen LogP contribution in [-0.4, -0.2) is 24.7 Å². The fourth-order valence-electron chi connectivity index (χ4n) is 3.80. The molecule has 1 N–H and O–H groups in total. The summed E-state index contributed by atoms with van der Waals surface area (Å²) in [7, 11) is 0. The molecule has 1 aromatic carbocycles. The van der Waals surface area contributed by atoms with Crippen molar-refractivity contribution < 1.29 is 0 Å². The topological polar surface area (TPSA) is 68.5 Å². The quantitative estimate of drug-likeness (QED) is 0.547. The highest BCUT2D eigenvalue weighted by Gasteiger charge is 2.20. The monoisotopic (exact) mass is 382 g/mol. The second-order valence-electron chi connectivity index (χ2n) is 7.34. The fraction of sp³-hybridized carbons (Fsp3) is 0.217.